The molecule has 3 rings (SSSR count). The minimum Gasteiger partial charge on any atom is -0.355 e. The Labute approximate surface area is 160 Å². The van der Waals surface area contributed by atoms with Crippen molar-refractivity contribution in [3.63, 3.8) is 0 Å². The quantitative estimate of drug-likeness (QED) is 0.612. The molecule has 0 saturated carbocycles. The number of halogens is 1. The average Bonchev–Trinajstić information content (AvgIpc) is 2.85. The van der Waals surface area contributed by atoms with Crippen molar-refractivity contribution in [3.8, 4) is 0 Å². The number of rotatable bonds is 6. The van der Waals surface area contributed by atoms with E-state index in [9.17, 15) is 9.59 Å². The van der Waals surface area contributed by atoms with Gasteiger partial charge in [-0.1, -0.05) is 24.4 Å². The smallest absolute Gasteiger partial charge is 0.239 e. The largest absolute Gasteiger partial charge is 0.355 e. The van der Waals surface area contributed by atoms with Gasteiger partial charge in [0.25, 0.3) is 0 Å². The Balaban J connectivity index is 1.42. The van der Waals surface area contributed by atoms with Crippen molar-refractivity contribution in [1.82, 2.24) is 10.2 Å². The highest BCUT2D eigenvalue weighted by Crippen LogP contribution is 2.26. The van der Waals surface area contributed by atoms with Crippen LogP contribution in [-0.2, 0) is 9.59 Å². The summed E-state index contributed by atoms with van der Waals surface area (Å²) in [6, 6.07) is 7.17. The maximum atomic E-state index is 12.6. The molecule has 2 amide bonds. The molecule has 2 fully saturated rings. The first kappa shape index (κ1) is 19.2. The Morgan fingerprint density at radius 1 is 1.08 bits per heavy atom. The second kappa shape index (κ2) is 9.38. The summed E-state index contributed by atoms with van der Waals surface area (Å²) >= 11 is 5.90. The Kier molecular flexibility index (Phi) is 6.92. The molecule has 0 aliphatic carbocycles. The Morgan fingerprint density at radius 3 is 2.46 bits per heavy atom. The van der Waals surface area contributed by atoms with Gasteiger partial charge < -0.3 is 15.1 Å². The van der Waals surface area contributed by atoms with Gasteiger partial charge in [-0.3, -0.25) is 9.59 Å². The van der Waals surface area contributed by atoms with Crippen molar-refractivity contribution in [2.75, 3.05) is 37.6 Å². The molecule has 6 heteroatoms. The molecule has 0 aromatic heterocycles. The predicted octanol–water partition coefficient (Wildman–Crippen LogP) is 3.08. The maximum absolute atomic E-state index is 12.6. The Bertz CT molecular complexity index is 612. The summed E-state index contributed by atoms with van der Waals surface area (Å²) in [5.74, 6) is -0.816. The van der Waals surface area contributed by atoms with Crippen LogP contribution in [0.5, 0.6) is 0 Å². The molecule has 1 unspecified atom stereocenters. The van der Waals surface area contributed by atoms with E-state index >= 15 is 0 Å². The zero-order chi connectivity index (χ0) is 18.4. The van der Waals surface area contributed by atoms with Crippen LogP contribution in [-0.4, -0.2) is 49.4 Å². The minimum absolute atomic E-state index is 0.114. The average molecular weight is 378 g/mol. The van der Waals surface area contributed by atoms with Crippen LogP contribution in [0.2, 0.25) is 5.02 Å². The molecule has 1 atom stereocenters. The van der Waals surface area contributed by atoms with E-state index in [1.165, 1.54) is 38.8 Å². The molecule has 2 heterocycles. The standard InChI is InChI=1S/C20H28ClN3O2/c21-16-6-8-17(9-7-16)24-15-10-18(20(24)26)19(25)22-11-5-14-23-12-3-1-2-4-13-23/h6-9,18H,1-5,10-15H2,(H,22,25). The molecular formula is C20H28ClN3O2. The Morgan fingerprint density at radius 2 is 1.77 bits per heavy atom. The van der Waals surface area contributed by atoms with E-state index in [0.717, 1.165) is 18.7 Å². The number of nitrogens with one attached hydrogen (secondary N) is 1. The zero-order valence-electron chi connectivity index (χ0n) is 15.3. The van der Waals surface area contributed by atoms with E-state index in [-0.39, 0.29) is 11.8 Å². The van der Waals surface area contributed by atoms with Crippen LogP contribution in [0.1, 0.15) is 38.5 Å². The lowest BCUT2D eigenvalue weighted by Crippen LogP contribution is -2.38. The van der Waals surface area contributed by atoms with Gasteiger partial charge in [-0.05, 0) is 69.6 Å². The minimum atomic E-state index is -0.566. The zero-order valence-corrected chi connectivity index (χ0v) is 16.0. The van der Waals surface area contributed by atoms with Crippen LogP contribution < -0.4 is 10.2 Å². The van der Waals surface area contributed by atoms with Crippen LogP contribution in [0.3, 0.4) is 0 Å². The lowest BCUT2D eigenvalue weighted by molar-refractivity contribution is -0.132. The number of likely N-dealkylation sites (tertiary alicyclic amines) is 1. The lowest BCUT2D eigenvalue weighted by atomic mass is 10.1. The van der Waals surface area contributed by atoms with Crippen molar-refractivity contribution in [3.05, 3.63) is 29.3 Å². The predicted molar refractivity (Wildman–Crippen MR) is 104 cm³/mol. The summed E-state index contributed by atoms with van der Waals surface area (Å²) in [5, 5.41) is 3.60. The van der Waals surface area contributed by atoms with Crippen LogP contribution in [0.4, 0.5) is 5.69 Å². The first-order chi connectivity index (χ1) is 12.6. The number of carbonyl (C=O) groups excluding carboxylic acids is 2. The Hall–Kier alpha value is -1.59. The van der Waals surface area contributed by atoms with Crippen molar-refractivity contribution >= 4 is 29.1 Å². The van der Waals surface area contributed by atoms with E-state index in [4.69, 9.17) is 11.6 Å². The summed E-state index contributed by atoms with van der Waals surface area (Å²) in [5.41, 5.74) is 0.802. The van der Waals surface area contributed by atoms with Crippen LogP contribution in [0.25, 0.3) is 0 Å². The van der Waals surface area contributed by atoms with Crippen LogP contribution in [0.15, 0.2) is 24.3 Å². The highest BCUT2D eigenvalue weighted by molar-refractivity contribution is 6.30. The van der Waals surface area contributed by atoms with E-state index in [2.05, 4.69) is 10.2 Å². The number of nitrogens with zero attached hydrogens (tertiary/aromatic N) is 2. The van der Waals surface area contributed by atoms with Crippen LogP contribution in [0, 0.1) is 5.92 Å². The van der Waals surface area contributed by atoms with E-state index in [1.54, 1.807) is 17.0 Å². The number of amides is 2. The van der Waals surface area contributed by atoms with Gasteiger partial charge in [0.05, 0.1) is 0 Å². The third kappa shape index (κ3) is 4.98. The van der Waals surface area contributed by atoms with Crippen LogP contribution >= 0.6 is 11.6 Å². The molecule has 1 N–H and O–H groups in total. The molecule has 0 bridgehead atoms. The third-order valence-corrected chi connectivity index (χ3v) is 5.56. The molecule has 1 aromatic carbocycles. The monoisotopic (exact) mass is 377 g/mol. The lowest BCUT2D eigenvalue weighted by Gasteiger charge is -2.20. The van der Waals surface area contributed by atoms with Crippen molar-refractivity contribution < 1.29 is 9.59 Å². The van der Waals surface area contributed by atoms with Gasteiger partial charge >= 0.3 is 0 Å². The number of benzene rings is 1. The molecule has 26 heavy (non-hydrogen) atoms. The van der Waals surface area contributed by atoms with Gasteiger partial charge in [-0.15, -0.1) is 0 Å². The highest BCUT2D eigenvalue weighted by atomic mass is 35.5. The van der Waals surface area contributed by atoms with Crippen molar-refractivity contribution in [1.29, 1.82) is 0 Å². The molecule has 2 aliphatic rings. The number of hydrogen-bond donors (Lipinski definition) is 1. The van der Waals surface area contributed by atoms with E-state index < -0.39 is 5.92 Å². The van der Waals surface area contributed by atoms with Crippen molar-refractivity contribution in [2.45, 2.75) is 38.5 Å². The van der Waals surface area contributed by atoms with Gasteiger partial charge in [0.2, 0.25) is 11.8 Å². The fourth-order valence-corrected chi connectivity index (χ4v) is 3.92. The van der Waals surface area contributed by atoms with Gasteiger partial charge in [0.15, 0.2) is 0 Å². The second-order valence-corrected chi connectivity index (χ2v) is 7.64. The normalized spacial score (nSPS) is 21.7. The highest BCUT2D eigenvalue weighted by Gasteiger charge is 2.37. The summed E-state index contributed by atoms with van der Waals surface area (Å²) in [6.45, 7) is 4.58. The fourth-order valence-electron chi connectivity index (χ4n) is 3.80. The number of carbonyl (C=O) groups is 2. The molecule has 1 aromatic rings. The van der Waals surface area contributed by atoms with E-state index in [0.29, 0.717) is 24.5 Å². The SMILES string of the molecule is O=C(NCCCN1CCCCCC1)C1CCN(c2ccc(Cl)cc2)C1=O. The van der Waals surface area contributed by atoms with E-state index in [1.807, 2.05) is 12.1 Å². The summed E-state index contributed by atoms with van der Waals surface area (Å²) in [4.78, 5) is 29.1. The van der Waals surface area contributed by atoms with Crippen molar-refractivity contribution in [2.24, 2.45) is 5.92 Å². The molecule has 0 radical (unpaired) electrons. The van der Waals surface area contributed by atoms with Gasteiger partial charge in [0.1, 0.15) is 5.92 Å². The summed E-state index contributed by atoms with van der Waals surface area (Å²) in [6.07, 6.45) is 6.74. The molecule has 5 nitrogen and oxygen atoms in total. The number of anilines is 1. The fraction of sp³-hybridized carbons (Fsp3) is 0.600. The third-order valence-electron chi connectivity index (χ3n) is 5.31. The van der Waals surface area contributed by atoms with Gasteiger partial charge in [-0.25, -0.2) is 0 Å². The molecule has 142 valence electrons. The molecule has 2 saturated heterocycles. The summed E-state index contributed by atoms with van der Waals surface area (Å²) in [7, 11) is 0. The first-order valence-corrected chi connectivity index (χ1v) is 10.1. The van der Waals surface area contributed by atoms with Gasteiger partial charge in [-0.2, -0.15) is 0 Å². The molecular weight excluding hydrogens is 350 g/mol. The second-order valence-electron chi connectivity index (χ2n) is 7.21. The molecule has 2 aliphatic heterocycles. The maximum Gasteiger partial charge on any atom is 0.239 e. The first-order valence-electron chi connectivity index (χ1n) is 9.72. The van der Waals surface area contributed by atoms with Gasteiger partial charge in [0, 0.05) is 23.8 Å². The molecule has 0 spiro atoms. The topological polar surface area (TPSA) is 52.7 Å². The summed E-state index contributed by atoms with van der Waals surface area (Å²) < 4.78 is 0. The number of hydrogen-bond acceptors (Lipinski definition) is 3.